The highest BCUT2D eigenvalue weighted by Gasteiger charge is 2.58. The summed E-state index contributed by atoms with van der Waals surface area (Å²) in [5.74, 6) is -2.08. The summed E-state index contributed by atoms with van der Waals surface area (Å²) in [6.45, 7) is 4.82. The number of benzene rings is 2. The van der Waals surface area contributed by atoms with E-state index >= 15 is 4.39 Å². The molecular weight excluding hydrogens is 431 g/mol. The Morgan fingerprint density at radius 2 is 1.79 bits per heavy atom. The molecule has 6 rings (SSSR count). The maximum absolute atomic E-state index is 15.2. The Labute approximate surface area is 189 Å². The highest BCUT2D eigenvalue weighted by molar-refractivity contribution is 5.92. The van der Waals surface area contributed by atoms with Gasteiger partial charge in [-0.15, -0.1) is 0 Å². The van der Waals surface area contributed by atoms with E-state index in [1.165, 1.54) is 6.07 Å². The minimum atomic E-state index is -2.82. The molecule has 1 spiro atoms. The van der Waals surface area contributed by atoms with Gasteiger partial charge in [0.2, 0.25) is 0 Å². The fraction of sp³-hybridized carbons (Fsp3) is 0.440. The van der Waals surface area contributed by atoms with Crippen molar-refractivity contribution in [1.29, 1.82) is 0 Å². The summed E-state index contributed by atoms with van der Waals surface area (Å²) in [7, 11) is 0. The number of anilines is 1. The fourth-order valence-corrected chi connectivity index (χ4v) is 4.56. The summed E-state index contributed by atoms with van der Waals surface area (Å²) in [6.07, 6.45) is 1.89. The zero-order valence-corrected chi connectivity index (χ0v) is 18.4. The molecule has 2 heterocycles. The number of rotatable bonds is 4. The first-order valence-electron chi connectivity index (χ1n) is 11.3. The lowest BCUT2D eigenvalue weighted by atomic mass is 10.0. The fourth-order valence-electron chi connectivity index (χ4n) is 4.56. The molecule has 2 aromatic carbocycles. The molecule has 33 heavy (non-hydrogen) atoms. The second-order valence-corrected chi connectivity index (χ2v) is 9.65. The minimum Gasteiger partial charge on any atom is -0.489 e. The van der Waals surface area contributed by atoms with E-state index in [-0.39, 0.29) is 17.4 Å². The molecular formula is C25H24F3N3O2. The van der Waals surface area contributed by atoms with Crippen molar-refractivity contribution in [2.75, 3.05) is 18.5 Å². The van der Waals surface area contributed by atoms with E-state index in [9.17, 15) is 8.78 Å². The first kappa shape index (κ1) is 20.6. The number of ether oxygens (including phenoxy) is 2. The molecule has 2 unspecified atom stereocenters. The number of fused-ring (bicyclic) bond motifs is 2. The second kappa shape index (κ2) is 6.98. The van der Waals surface area contributed by atoms with Gasteiger partial charge in [0.05, 0.1) is 30.7 Å². The van der Waals surface area contributed by atoms with E-state index < -0.39 is 23.7 Å². The highest BCUT2D eigenvalue weighted by atomic mass is 19.3. The highest BCUT2D eigenvalue weighted by Crippen LogP contribution is 2.56. The van der Waals surface area contributed by atoms with Crippen molar-refractivity contribution in [2.24, 2.45) is 5.41 Å². The minimum absolute atomic E-state index is 0.0692. The van der Waals surface area contributed by atoms with Crippen LogP contribution in [0.3, 0.4) is 0 Å². The number of nitrogens with zero attached hydrogens (tertiary/aromatic N) is 2. The average Bonchev–Trinajstić information content (AvgIpc) is 3.68. The van der Waals surface area contributed by atoms with Crippen molar-refractivity contribution in [2.45, 2.75) is 51.0 Å². The van der Waals surface area contributed by atoms with Crippen LogP contribution < -0.4 is 14.8 Å². The quantitative estimate of drug-likeness (QED) is 0.529. The van der Waals surface area contributed by atoms with Crippen molar-refractivity contribution < 1.29 is 22.6 Å². The molecule has 1 N–H and O–H groups in total. The van der Waals surface area contributed by atoms with Crippen LogP contribution in [0.25, 0.3) is 10.9 Å². The molecule has 1 aromatic heterocycles. The maximum Gasteiger partial charge on any atom is 0.256 e. The molecule has 0 radical (unpaired) electrons. The van der Waals surface area contributed by atoms with E-state index in [2.05, 4.69) is 15.3 Å². The van der Waals surface area contributed by atoms with Gasteiger partial charge in [0, 0.05) is 28.9 Å². The molecule has 172 valence electrons. The van der Waals surface area contributed by atoms with E-state index in [4.69, 9.17) is 9.47 Å². The Morgan fingerprint density at radius 1 is 1.09 bits per heavy atom. The number of halogens is 3. The molecule has 5 nitrogen and oxygen atoms in total. The van der Waals surface area contributed by atoms with E-state index in [1.54, 1.807) is 26.0 Å². The van der Waals surface area contributed by atoms with Crippen molar-refractivity contribution in [1.82, 2.24) is 9.97 Å². The number of nitrogens with one attached hydrogen (secondary N) is 1. The normalized spacial score (nSPS) is 22.6. The molecule has 2 atom stereocenters. The predicted molar refractivity (Wildman–Crippen MR) is 118 cm³/mol. The Hall–Kier alpha value is -3.03. The first-order chi connectivity index (χ1) is 15.7. The molecule has 2 fully saturated rings. The second-order valence-electron chi connectivity index (χ2n) is 9.65. The lowest BCUT2D eigenvalue weighted by Crippen LogP contribution is -2.17. The van der Waals surface area contributed by atoms with Crippen LogP contribution in [0.1, 0.15) is 55.1 Å². The number of hydrogen-bond acceptors (Lipinski definition) is 5. The summed E-state index contributed by atoms with van der Waals surface area (Å²) < 4.78 is 54.4. The molecule has 1 aliphatic heterocycles. The van der Waals surface area contributed by atoms with Gasteiger partial charge < -0.3 is 14.8 Å². The first-order valence-corrected chi connectivity index (χ1v) is 11.3. The SMILES string of the molecule is Cc1nc(NC(C)c2cccc(C3CC3(F)F)c2F)c2cc3c(cc2n1)OCC1(CC1)CO3. The van der Waals surface area contributed by atoms with Crippen LogP contribution in [0.4, 0.5) is 19.0 Å². The third-order valence-electron chi connectivity index (χ3n) is 6.98. The van der Waals surface area contributed by atoms with Crippen LogP contribution in [0.2, 0.25) is 0 Å². The van der Waals surface area contributed by atoms with E-state index in [1.807, 2.05) is 12.1 Å². The molecule has 0 amide bonds. The average molecular weight is 455 g/mol. The molecule has 8 heteroatoms. The van der Waals surface area contributed by atoms with Gasteiger partial charge in [-0.2, -0.15) is 0 Å². The van der Waals surface area contributed by atoms with Crippen LogP contribution in [0, 0.1) is 18.2 Å². The van der Waals surface area contributed by atoms with Gasteiger partial charge in [-0.05, 0) is 38.3 Å². The molecule has 3 aromatic rings. The third kappa shape index (κ3) is 3.56. The third-order valence-corrected chi connectivity index (χ3v) is 6.98. The Balaban J connectivity index is 1.34. The van der Waals surface area contributed by atoms with Crippen molar-refractivity contribution >= 4 is 16.7 Å². The Bertz CT molecular complexity index is 1280. The van der Waals surface area contributed by atoms with E-state index in [0.29, 0.717) is 47.4 Å². The maximum atomic E-state index is 15.2. The van der Waals surface area contributed by atoms with Gasteiger partial charge in [0.1, 0.15) is 17.5 Å². The number of hydrogen-bond donors (Lipinski definition) is 1. The van der Waals surface area contributed by atoms with Gasteiger partial charge in [-0.1, -0.05) is 18.2 Å². The summed E-state index contributed by atoms with van der Waals surface area (Å²) in [5.41, 5.74) is 1.20. The van der Waals surface area contributed by atoms with Crippen LogP contribution in [-0.2, 0) is 0 Å². The van der Waals surface area contributed by atoms with Crippen LogP contribution in [-0.4, -0.2) is 29.1 Å². The molecule has 0 saturated heterocycles. The lowest BCUT2D eigenvalue weighted by Gasteiger charge is -2.19. The Kier molecular flexibility index (Phi) is 4.35. The number of aromatic nitrogens is 2. The van der Waals surface area contributed by atoms with Gasteiger partial charge in [0.25, 0.3) is 5.92 Å². The topological polar surface area (TPSA) is 56.3 Å². The van der Waals surface area contributed by atoms with E-state index in [0.717, 1.165) is 18.2 Å². The number of alkyl halides is 2. The summed E-state index contributed by atoms with van der Waals surface area (Å²) >= 11 is 0. The molecule has 2 saturated carbocycles. The molecule has 3 aliphatic rings. The van der Waals surface area contributed by atoms with Crippen molar-refractivity contribution in [3.05, 3.63) is 53.1 Å². The predicted octanol–water partition coefficient (Wildman–Crippen LogP) is 5.92. The standard InChI is InChI=1S/C25H24F3N3O2/c1-13(15-4-3-5-16(22(15)26)18-10-25(18,27)28)29-23-17-8-20-21(9-19(17)30-14(2)31-23)33-12-24(6-7-24)11-32-20/h3-5,8-9,13,18H,6-7,10-12H2,1-2H3,(H,29,30,31). The molecule has 2 aliphatic carbocycles. The van der Waals surface area contributed by atoms with Crippen molar-refractivity contribution in [3.8, 4) is 11.5 Å². The summed E-state index contributed by atoms with van der Waals surface area (Å²) in [5, 5.41) is 3.99. The van der Waals surface area contributed by atoms with Gasteiger partial charge >= 0.3 is 0 Å². The zero-order chi connectivity index (χ0) is 23.0. The summed E-state index contributed by atoms with van der Waals surface area (Å²) in [4.78, 5) is 9.08. The summed E-state index contributed by atoms with van der Waals surface area (Å²) in [6, 6.07) is 7.90. The van der Waals surface area contributed by atoms with Gasteiger partial charge in [0.15, 0.2) is 11.5 Å². The smallest absolute Gasteiger partial charge is 0.256 e. The monoisotopic (exact) mass is 455 g/mol. The largest absolute Gasteiger partial charge is 0.489 e. The lowest BCUT2D eigenvalue weighted by molar-refractivity contribution is 0.111. The Morgan fingerprint density at radius 3 is 2.45 bits per heavy atom. The van der Waals surface area contributed by atoms with Gasteiger partial charge in [-0.25, -0.2) is 23.1 Å². The van der Waals surface area contributed by atoms with Gasteiger partial charge in [-0.3, -0.25) is 0 Å². The van der Waals surface area contributed by atoms with Crippen molar-refractivity contribution in [3.63, 3.8) is 0 Å². The number of aryl methyl sites for hydroxylation is 1. The van der Waals surface area contributed by atoms with Crippen LogP contribution >= 0.6 is 0 Å². The van der Waals surface area contributed by atoms with Crippen LogP contribution in [0.5, 0.6) is 11.5 Å². The molecule has 0 bridgehead atoms. The van der Waals surface area contributed by atoms with Crippen LogP contribution in [0.15, 0.2) is 30.3 Å². The zero-order valence-electron chi connectivity index (χ0n) is 18.4.